The molecule has 1 aromatic carbocycles. The van der Waals surface area contributed by atoms with Crippen molar-refractivity contribution in [2.24, 2.45) is 11.7 Å². The van der Waals surface area contributed by atoms with Gasteiger partial charge in [0.1, 0.15) is 10.6 Å². The molecule has 0 aliphatic heterocycles. The van der Waals surface area contributed by atoms with E-state index < -0.39 is 10.0 Å². The van der Waals surface area contributed by atoms with Crippen LogP contribution in [-0.2, 0) is 10.0 Å². The van der Waals surface area contributed by atoms with Gasteiger partial charge in [0.05, 0.1) is 18.7 Å². The summed E-state index contributed by atoms with van der Waals surface area (Å²) in [5.74, 6) is 0.341. The second kappa shape index (κ2) is 7.79. The number of sulfonamides is 1. The van der Waals surface area contributed by atoms with Crippen LogP contribution in [0.15, 0.2) is 23.1 Å². The lowest BCUT2D eigenvalue weighted by Gasteiger charge is -2.20. The molecule has 22 heavy (non-hydrogen) atoms. The van der Waals surface area contributed by atoms with Crippen molar-refractivity contribution in [3.05, 3.63) is 23.8 Å². The van der Waals surface area contributed by atoms with Gasteiger partial charge in [-0.3, -0.25) is 0 Å². The summed E-state index contributed by atoms with van der Waals surface area (Å²) in [6, 6.07) is 6.10. The quantitative estimate of drug-likeness (QED) is 0.839. The molecule has 0 aromatic heterocycles. The molecule has 1 saturated carbocycles. The highest BCUT2D eigenvalue weighted by atomic mass is 35.5. The number of rotatable bonds is 5. The first-order chi connectivity index (χ1) is 10.0. The van der Waals surface area contributed by atoms with E-state index in [0.717, 1.165) is 19.3 Å². The third-order valence-electron chi connectivity index (χ3n) is 3.85. The monoisotopic (exact) mass is 345 g/mol. The Labute approximate surface area is 137 Å². The van der Waals surface area contributed by atoms with Crippen molar-refractivity contribution in [2.75, 3.05) is 13.7 Å². The van der Waals surface area contributed by atoms with Gasteiger partial charge in [-0.15, -0.1) is 12.4 Å². The topological polar surface area (TPSA) is 105 Å². The normalized spacial score (nSPS) is 21.0. The Hall–Kier alpha value is -1.33. The lowest BCUT2D eigenvalue weighted by atomic mass is 10.1. The van der Waals surface area contributed by atoms with Crippen molar-refractivity contribution in [1.29, 1.82) is 5.26 Å². The van der Waals surface area contributed by atoms with E-state index in [9.17, 15) is 8.42 Å². The second-order valence-corrected chi connectivity index (χ2v) is 6.81. The fourth-order valence-corrected chi connectivity index (χ4v) is 4.19. The van der Waals surface area contributed by atoms with E-state index in [1.54, 1.807) is 0 Å². The SMILES string of the molecule is COc1cc(C#N)ccc1S(=O)(=O)NC1CCCC1CN.Cl. The van der Waals surface area contributed by atoms with Crippen LogP contribution in [0.25, 0.3) is 0 Å². The molecule has 0 bridgehead atoms. The Morgan fingerprint density at radius 1 is 1.45 bits per heavy atom. The van der Waals surface area contributed by atoms with E-state index in [2.05, 4.69) is 4.72 Å². The summed E-state index contributed by atoms with van der Waals surface area (Å²) in [5, 5.41) is 8.86. The first-order valence-corrected chi connectivity index (χ1v) is 8.30. The highest BCUT2D eigenvalue weighted by molar-refractivity contribution is 7.89. The molecule has 6 nitrogen and oxygen atoms in total. The molecule has 1 fully saturated rings. The lowest BCUT2D eigenvalue weighted by molar-refractivity contribution is 0.400. The molecule has 122 valence electrons. The average molecular weight is 346 g/mol. The van der Waals surface area contributed by atoms with Crippen LogP contribution in [0.2, 0.25) is 0 Å². The predicted octanol–water partition coefficient (Wildman–Crippen LogP) is 1.39. The average Bonchev–Trinajstić information content (AvgIpc) is 2.92. The summed E-state index contributed by atoms with van der Waals surface area (Å²) < 4.78 is 32.8. The number of benzene rings is 1. The summed E-state index contributed by atoms with van der Waals surface area (Å²) in [6.45, 7) is 0.470. The van der Waals surface area contributed by atoms with E-state index in [4.69, 9.17) is 15.7 Å². The largest absolute Gasteiger partial charge is 0.495 e. The van der Waals surface area contributed by atoms with Gasteiger partial charge in [0.2, 0.25) is 10.0 Å². The number of nitrogens with zero attached hydrogens (tertiary/aromatic N) is 1. The van der Waals surface area contributed by atoms with Gasteiger partial charge in [-0.25, -0.2) is 13.1 Å². The van der Waals surface area contributed by atoms with Crippen molar-refractivity contribution in [2.45, 2.75) is 30.2 Å². The smallest absolute Gasteiger partial charge is 0.244 e. The van der Waals surface area contributed by atoms with Crippen LogP contribution < -0.4 is 15.2 Å². The van der Waals surface area contributed by atoms with Gasteiger partial charge in [0, 0.05) is 6.04 Å². The minimum atomic E-state index is -3.69. The standard InChI is InChI=1S/C14H19N3O3S.ClH/c1-20-13-7-10(8-15)5-6-14(13)21(18,19)17-12-4-2-3-11(12)9-16;/h5-7,11-12,17H,2-4,9,16H2,1H3;1H. The zero-order chi connectivity index (χ0) is 15.5. The zero-order valence-corrected chi connectivity index (χ0v) is 13.9. The third-order valence-corrected chi connectivity index (χ3v) is 5.38. The van der Waals surface area contributed by atoms with Gasteiger partial charge in [-0.05, 0) is 43.5 Å². The number of nitrogens with one attached hydrogen (secondary N) is 1. The third kappa shape index (κ3) is 3.90. The fraction of sp³-hybridized carbons (Fsp3) is 0.500. The summed E-state index contributed by atoms with van der Waals surface area (Å²) >= 11 is 0. The number of nitrogens with two attached hydrogens (primary N) is 1. The van der Waals surface area contributed by atoms with E-state index in [-0.39, 0.29) is 35.0 Å². The Balaban J connectivity index is 0.00000242. The summed E-state index contributed by atoms with van der Waals surface area (Å²) in [6.07, 6.45) is 2.70. The number of ether oxygens (including phenoxy) is 1. The molecule has 1 aliphatic carbocycles. The molecular weight excluding hydrogens is 326 g/mol. The van der Waals surface area contributed by atoms with Gasteiger partial charge >= 0.3 is 0 Å². The molecule has 0 radical (unpaired) electrons. The number of halogens is 1. The van der Waals surface area contributed by atoms with Gasteiger partial charge in [0.15, 0.2) is 0 Å². The van der Waals surface area contributed by atoms with E-state index >= 15 is 0 Å². The number of methoxy groups -OCH3 is 1. The number of hydrogen-bond donors (Lipinski definition) is 2. The maximum atomic E-state index is 12.5. The molecule has 2 rings (SSSR count). The van der Waals surface area contributed by atoms with Gasteiger partial charge in [-0.2, -0.15) is 5.26 Å². The molecule has 1 aromatic rings. The van der Waals surface area contributed by atoms with Crippen LogP contribution in [-0.4, -0.2) is 28.1 Å². The Morgan fingerprint density at radius 3 is 2.77 bits per heavy atom. The molecular formula is C14H20ClN3O3S. The molecule has 0 amide bonds. The van der Waals surface area contributed by atoms with Crippen molar-refractivity contribution in [1.82, 2.24) is 4.72 Å². The van der Waals surface area contributed by atoms with Crippen molar-refractivity contribution >= 4 is 22.4 Å². The van der Waals surface area contributed by atoms with E-state index in [1.807, 2.05) is 6.07 Å². The molecule has 0 heterocycles. The lowest BCUT2D eigenvalue weighted by Crippen LogP contribution is -2.39. The maximum Gasteiger partial charge on any atom is 0.244 e. The van der Waals surface area contributed by atoms with Crippen LogP contribution in [0.1, 0.15) is 24.8 Å². The van der Waals surface area contributed by atoms with Crippen LogP contribution in [0.5, 0.6) is 5.75 Å². The maximum absolute atomic E-state index is 12.5. The predicted molar refractivity (Wildman–Crippen MR) is 85.5 cm³/mol. The minimum Gasteiger partial charge on any atom is -0.495 e. The minimum absolute atomic E-state index is 0. The van der Waals surface area contributed by atoms with E-state index in [0.29, 0.717) is 12.1 Å². The molecule has 0 saturated heterocycles. The molecule has 3 N–H and O–H groups in total. The van der Waals surface area contributed by atoms with Crippen molar-refractivity contribution < 1.29 is 13.2 Å². The Bertz CT molecular complexity index is 658. The first-order valence-electron chi connectivity index (χ1n) is 6.82. The number of hydrogen-bond acceptors (Lipinski definition) is 5. The van der Waals surface area contributed by atoms with Crippen LogP contribution in [0, 0.1) is 17.2 Å². The fourth-order valence-electron chi connectivity index (χ4n) is 2.70. The van der Waals surface area contributed by atoms with Gasteiger partial charge in [0.25, 0.3) is 0 Å². The highest BCUT2D eigenvalue weighted by Gasteiger charge is 2.31. The van der Waals surface area contributed by atoms with Crippen LogP contribution >= 0.6 is 12.4 Å². The van der Waals surface area contributed by atoms with Gasteiger partial charge in [-0.1, -0.05) is 6.42 Å². The Morgan fingerprint density at radius 2 is 2.18 bits per heavy atom. The van der Waals surface area contributed by atoms with Crippen molar-refractivity contribution in [3.8, 4) is 11.8 Å². The molecule has 0 spiro atoms. The summed E-state index contributed by atoms with van der Waals surface area (Å²) in [5.41, 5.74) is 6.03. The molecule has 2 unspecified atom stereocenters. The van der Waals surface area contributed by atoms with Crippen LogP contribution in [0.4, 0.5) is 0 Å². The second-order valence-electron chi connectivity index (χ2n) is 5.13. The summed E-state index contributed by atoms with van der Waals surface area (Å²) in [7, 11) is -2.31. The number of nitriles is 1. The van der Waals surface area contributed by atoms with Crippen LogP contribution in [0.3, 0.4) is 0 Å². The zero-order valence-electron chi connectivity index (χ0n) is 12.3. The molecule has 2 atom stereocenters. The molecule has 1 aliphatic rings. The van der Waals surface area contributed by atoms with Gasteiger partial charge < -0.3 is 10.5 Å². The highest BCUT2D eigenvalue weighted by Crippen LogP contribution is 2.29. The summed E-state index contributed by atoms with van der Waals surface area (Å²) in [4.78, 5) is 0.0478. The van der Waals surface area contributed by atoms with E-state index in [1.165, 1.54) is 25.3 Å². The Kier molecular flexibility index (Phi) is 6.63. The van der Waals surface area contributed by atoms with Crippen molar-refractivity contribution in [3.63, 3.8) is 0 Å². The first kappa shape index (κ1) is 18.7. The molecule has 8 heteroatoms.